The molecule has 1 aromatic heterocycles. The molecule has 86 valence electrons. The molecule has 0 amide bonds. The zero-order chi connectivity index (χ0) is 12.0. The molecule has 0 saturated carbocycles. The summed E-state index contributed by atoms with van der Waals surface area (Å²) in [6, 6.07) is 0. The normalized spacial score (nSPS) is 13.3. The Hall–Kier alpha value is -0.230. The lowest BCUT2D eigenvalue weighted by atomic mass is 10.1. The van der Waals surface area contributed by atoms with Crippen molar-refractivity contribution in [2.75, 3.05) is 0 Å². The van der Waals surface area contributed by atoms with E-state index in [9.17, 15) is 13.2 Å². The van der Waals surface area contributed by atoms with Gasteiger partial charge in [-0.3, -0.25) is 0 Å². The van der Waals surface area contributed by atoms with Gasteiger partial charge in [-0.2, -0.15) is 18.3 Å². The summed E-state index contributed by atoms with van der Waals surface area (Å²) >= 11 is 8.55. The molecule has 0 bridgehead atoms. The molecule has 0 aromatic carbocycles. The number of hydrogen-bond donors (Lipinski definition) is 0. The van der Waals surface area contributed by atoms with E-state index in [0.717, 1.165) is 4.68 Å². The van der Waals surface area contributed by atoms with Crippen LogP contribution in [0.4, 0.5) is 13.2 Å². The Bertz CT molecular complexity index is 344. The molecule has 0 atom stereocenters. The standard InChI is InChI=1S/C8H9BrClF3N2/c1-7(2,3)15-6(10)4(9)5(14-15)8(11,12)13/h1-3H3. The molecule has 1 heterocycles. The molecule has 0 fully saturated rings. The van der Waals surface area contributed by atoms with Crippen LogP contribution >= 0.6 is 27.5 Å². The van der Waals surface area contributed by atoms with Gasteiger partial charge in [0.05, 0.1) is 10.0 Å². The van der Waals surface area contributed by atoms with Crippen LogP contribution < -0.4 is 0 Å². The van der Waals surface area contributed by atoms with Gasteiger partial charge in [-0.25, -0.2) is 4.68 Å². The average molecular weight is 306 g/mol. The van der Waals surface area contributed by atoms with E-state index in [-0.39, 0.29) is 9.63 Å². The maximum atomic E-state index is 12.5. The minimum absolute atomic E-state index is 0.0465. The van der Waals surface area contributed by atoms with Crippen LogP contribution in [0.5, 0.6) is 0 Å². The predicted molar refractivity (Wildman–Crippen MR) is 54.9 cm³/mol. The summed E-state index contributed by atoms with van der Waals surface area (Å²) in [5.41, 5.74) is -1.59. The molecule has 0 unspecified atom stereocenters. The Kier molecular flexibility index (Phi) is 3.13. The van der Waals surface area contributed by atoms with Gasteiger partial charge in [0.25, 0.3) is 0 Å². The van der Waals surface area contributed by atoms with E-state index in [1.165, 1.54) is 0 Å². The summed E-state index contributed by atoms with van der Waals surface area (Å²) < 4.78 is 38.3. The largest absolute Gasteiger partial charge is 0.436 e. The smallest absolute Gasteiger partial charge is 0.247 e. The Balaban J connectivity index is 3.38. The van der Waals surface area contributed by atoms with Crippen molar-refractivity contribution < 1.29 is 13.2 Å². The van der Waals surface area contributed by atoms with Crippen LogP contribution in [0.25, 0.3) is 0 Å². The molecule has 2 nitrogen and oxygen atoms in total. The Morgan fingerprint density at radius 3 is 1.93 bits per heavy atom. The highest BCUT2D eigenvalue weighted by Gasteiger charge is 2.39. The van der Waals surface area contributed by atoms with Gasteiger partial charge in [0.2, 0.25) is 0 Å². The fourth-order valence-electron chi connectivity index (χ4n) is 1.00. The summed E-state index contributed by atoms with van der Waals surface area (Å²) in [6.07, 6.45) is -4.50. The van der Waals surface area contributed by atoms with Gasteiger partial charge in [-0.05, 0) is 36.7 Å². The van der Waals surface area contributed by atoms with Crippen molar-refractivity contribution in [2.45, 2.75) is 32.5 Å². The van der Waals surface area contributed by atoms with Crippen LogP contribution in [-0.4, -0.2) is 9.78 Å². The van der Waals surface area contributed by atoms with Crippen molar-refractivity contribution in [1.29, 1.82) is 0 Å². The van der Waals surface area contributed by atoms with Gasteiger partial charge in [0, 0.05) is 0 Å². The summed E-state index contributed by atoms with van der Waals surface area (Å²) in [6.45, 7) is 5.16. The molecule has 0 radical (unpaired) electrons. The number of aromatic nitrogens is 2. The van der Waals surface area contributed by atoms with Crippen LogP contribution in [0.1, 0.15) is 26.5 Å². The van der Waals surface area contributed by atoms with Crippen LogP contribution in [0.3, 0.4) is 0 Å². The van der Waals surface area contributed by atoms with Gasteiger partial charge >= 0.3 is 6.18 Å². The lowest BCUT2D eigenvalue weighted by molar-refractivity contribution is -0.142. The summed E-state index contributed by atoms with van der Waals surface area (Å²) in [5, 5.41) is 3.42. The first-order valence-electron chi connectivity index (χ1n) is 4.07. The van der Waals surface area contributed by atoms with Gasteiger partial charge in [-0.1, -0.05) is 11.6 Å². The van der Waals surface area contributed by atoms with Crippen LogP contribution in [0.2, 0.25) is 5.15 Å². The summed E-state index contributed by atoms with van der Waals surface area (Å²) in [7, 11) is 0. The van der Waals surface area contributed by atoms with Crippen LogP contribution in [0.15, 0.2) is 4.47 Å². The Morgan fingerprint density at radius 1 is 1.27 bits per heavy atom. The van der Waals surface area contributed by atoms with E-state index in [4.69, 9.17) is 11.6 Å². The second-order valence-corrected chi connectivity index (χ2v) is 5.18. The first-order chi connectivity index (χ1) is 6.55. The number of rotatable bonds is 0. The highest BCUT2D eigenvalue weighted by Crippen LogP contribution is 2.39. The first kappa shape index (κ1) is 12.8. The molecule has 0 saturated heterocycles. The minimum atomic E-state index is -4.50. The maximum Gasteiger partial charge on any atom is 0.436 e. The highest BCUT2D eigenvalue weighted by atomic mass is 79.9. The van der Waals surface area contributed by atoms with E-state index < -0.39 is 17.4 Å². The molecular weight excluding hydrogens is 296 g/mol. The third-order valence-electron chi connectivity index (χ3n) is 1.68. The second kappa shape index (κ2) is 3.66. The van der Waals surface area contributed by atoms with E-state index in [2.05, 4.69) is 21.0 Å². The number of nitrogens with zero attached hydrogens (tertiary/aromatic N) is 2. The second-order valence-electron chi connectivity index (χ2n) is 4.03. The highest BCUT2D eigenvalue weighted by molar-refractivity contribution is 9.10. The molecular formula is C8H9BrClF3N2. The monoisotopic (exact) mass is 304 g/mol. The van der Waals surface area contributed by atoms with Gasteiger partial charge < -0.3 is 0 Å². The third kappa shape index (κ3) is 2.47. The molecule has 0 spiro atoms. The van der Waals surface area contributed by atoms with Crippen LogP contribution in [0, 0.1) is 0 Å². The van der Waals surface area contributed by atoms with E-state index in [0.29, 0.717) is 0 Å². The maximum absolute atomic E-state index is 12.5. The molecule has 7 heteroatoms. The lowest BCUT2D eigenvalue weighted by Crippen LogP contribution is -2.24. The van der Waals surface area contributed by atoms with Crippen molar-refractivity contribution in [2.24, 2.45) is 0 Å². The van der Waals surface area contributed by atoms with Crippen molar-refractivity contribution in [3.8, 4) is 0 Å². The average Bonchev–Trinajstić information content (AvgIpc) is 2.26. The fourth-order valence-corrected chi connectivity index (χ4v) is 1.86. The van der Waals surface area contributed by atoms with Crippen molar-refractivity contribution >= 4 is 27.5 Å². The first-order valence-corrected chi connectivity index (χ1v) is 5.24. The molecule has 0 aliphatic rings. The van der Waals surface area contributed by atoms with Gasteiger partial charge in [0.15, 0.2) is 5.69 Å². The Morgan fingerprint density at radius 2 is 1.73 bits per heavy atom. The quantitative estimate of drug-likeness (QED) is 0.706. The molecule has 0 N–H and O–H groups in total. The van der Waals surface area contributed by atoms with Gasteiger partial charge in [0.1, 0.15) is 5.15 Å². The van der Waals surface area contributed by atoms with Crippen LogP contribution in [-0.2, 0) is 11.7 Å². The summed E-state index contributed by atoms with van der Waals surface area (Å²) in [4.78, 5) is 0. The third-order valence-corrected chi connectivity index (χ3v) is 3.01. The van der Waals surface area contributed by atoms with Crippen molar-refractivity contribution in [1.82, 2.24) is 9.78 Å². The Labute approximate surface area is 98.5 Å². The van der Waals surface area contributed by atoms with E-state index in [1.54, 1.807) is 20.8 Å². The van der Waals surface area contributed by atoms with E-state index in [1.807, 2.05) is 0 Å². The number of alkyl halides is 3. The molecule has 1 aromatic rings. The van der Waals surface area contributed by atoms with Gasteiger partial charge in [-0.15, -0.1) is 0 Å². The lowest BCUT2D eigenvalue weighted by Gasteiger charge is -2.20. The molecule has 1 rings (SSSR count). The molecule has 0 aliphatic carbocycles. The number of halogens is 5. The zero-order valence-corrected chi connectivity index (χ0v) is 10.6. The van der Waals surface area contributed by atoms with Crippen molar-refractivity contribution in [3.63, 3.8) is 0 Å². The van der Waals surface area contributed by atoms with Crippen molar-refractivity contribution in [3.05, 3.63) is 15.3 Å². The minimum Gasteiger partial charge on any atom is -0.247 e. The molecule has 0 aliphatic heterocycles. The SMILES string of the molecule is CC(C)(C)n1nc(C(F)(F)F)c(Br)c1Cl. The topological polar surface area (TPSA) is 17.8 Å². The fraction of sp³-hybridized carbons (Fsp3) is 0.625. The number of hydrogen-bond acceptors (Lipinski definition) is 1. The zero-order valence-electron chi connectivity index (χ0n) is 8.28. The van der Waals surface area contributed by atoms with E-state index >= 15 is 0 Å². The summed E-state index contributed by atoms with van der Waals surface area (Å²) in [5.74, 6) is 0. The predicted octanol–water partition coefficient (Wildman–Crippen LogP) is 4.07. The molecule has 15 heavy (non-hydrogen) atoms.